The first kappa shape index (κ1) is 14.9. The third-order valence-electron chi connectivity index (χ3n) is 4.51. The number of thioether (sulfide) groups is 1. The minimum Gasteiger partial charge on any atom is -0.480 e. The summed E-state index contributed by atoms with van der Waals surface area (Å²) >= 11 is 1.77. The van der Waals surface area contributed by atoms with E-state index in [1.807, 2.05) is 6.92 Å². The van der Waals surface area contributed by atoms with Gasteiger partial charge in [-0.1, -0.05) is 6.07 Å². The number of aliphatic carboxylic acids is 1. The lowest BCUT2D eigenvalue weighted by atomic mass is 9.99. The molecule has 0 bridgehead atoms. The van der Waals surface area contributed by atoms with Gasteiger partial charge < -0.3 is 5.11 Å². The highest BCUT2D eigenvalue weighted by Gasteiger charge is 2.37. The number of nitrogens with one attached hydrogen (secondary N) is 1. The normalized spacial score (nSPS) is 20.0. The van der Waals surface area contributed by atoms with E-state index in [4.69, 9.17) is 0 Å². The zero-order valence-corrected chi connectivity index (χ0v) is 13.3. The highest BCUT2D eigenvalue weighted by Crippen LogP contribution is 2.30. The van der Waals surface area contributed by atoms with Crippen LogP contribution in [0, 0.1) is 0 Å². The average Bonchev–Trinajstić information content (AvgIpc) is 3.13. The van der Waals surface area contributed by atoms with Crippen LogP contribution in [0.5, 0.6) is 0 Å². The van der Waals surface area contributed by atoms with Gasteiger partial charge in [0.05, 0.1) is 0 Å². The van der Waals surface area contributed by atoms with Crippen LogP contribution in [0.25, 0.3) is 0 Å². The maximum absolute atomic E-state index is 11.5. The Hall–Kier alpha value is -1.00. The van der Waals surface area contributed by atoms with E-state index >= 15 is 0 Å². The number of hydrogen-bond acceptors (Lipinski definition) is 3. The predicted octanol–water partition coefficient (Wildman–Crippen LogP) is 3.25. The van der Waals surface area contributed by atoms with E-state index in [2.05, 4.69) is 23.5 Å². The van der Waals surface area contributed by atoms with Crippen LogP contribution in [0.2, 0.25) is 0 Å². The maximum atomic E-state index is 11.5. The van der Waals surface area contributed by atoms with Crippen LogP contribution in [-0.4, -0.2) is 28.4 Å². The van der Waals surface area contributed by atoms with Gasteiger partial charge in [0.15, 0.2) is 0 Å². The molecule has 3 rings (SSSR count). The molecule has 0 heterocycles. The number of rotatable bonds is 7. The Labute approximate surface area is 130 Å². The Balaban J connectivity index is 1.55. The summed E-state index contributed by atoms with van der Waals surface area (Å²) < 4.78 is 0. The van der Waals surface area contributed by atoms with Crippen LogP contribution >= 0.6 is 11.8 Å². The summed E-state index contributed by atoms with van der Waals surface area (Å²) in [6.45, 7) is 1.82. The van der Waals surface area contributed by atoms with Gasteiger partial charge in [0.25, 0.3) is 0 Å². The molecule has 1 saturated carbocycles. The minimum atomic E-state index is -0.787. The molecule has 3 nitrogen and oxygen atoms in total. The second kappa shape index (κ2) is 6.01. The molecule has 21 heavy (non-hydrogen) atoms. The van der Waals surface area contributed by atoms with Gasteiger partial charge in [-0.15, -0.1) is 11.8 Å². The van der Waals surface area contributed by atoms with E-state index in [0.717, 1.165) is 18.6 Å². The van der Waals surface area contributed by atoms with Gasteiger partial charge in [0.2, 0.25) is 0 Å². The van der Waals surface area contributed by atoms with Crippen molar-refractivity contribution in [2.45, 2.75) is 61.9 Å². The second-order valence-corrected chi connectivity index (χ2v) is 7.61. The van der Waals surface area contributed by atoms with Crippen molar-refractivity contribution >= 4 is 17.7 Å². The lowest BCUT2D eigenvalue weighted by molar-refractivity contribution is -0.144. The van der Waals surface area contributed by atoms with E-state index in [1.165, 1.54) is 35.3 Å². The van der Waals surface area contributed by atoms with Crippen molar-refractivity contribution in [3.63, 3.8) is 0 Å². The summed E-state index contributed by atoms with van der Waals surface area (Å²) in [5, 5.41) is 12.7. The minimum absolute atomic E-state index is 0.413. The first-order valence-corrected chi connectivity index (χ1v) is 8.81. The third-order valence-corrected chi connectivity index (χ3v) is 5.51. The Morgan fingerprint density at radius 3 is 2.86 bits per heavy atom. The fourth-order valence-corrected chi connectivity index (χ4v) is 4.07. The molecule has 0 spiro atoms. The van der Waals surface area contributed by atoms with Crippen LogP contribution in [0.1, 0.15) is 43.7 Å². The van der Waals surface area contributed by atoms with Crippen LogP contribution in [0.3, 0.4) is 0 Å². The Kier molecular flexibility index (Phi) is 4.27. The van der Waals surface area contributed by atoms with Gasteiger partial charge in [-0.2, -0.15) is 0 Å². The quantitative estimate of drug-likeness (QED) is 0.759. The predicted molar refractivity (Wildman–Crippen MR) is 86.0 cm³/mol. The number of benzene rings is 1. The van der Waals surface area contributed by atoms with E-state index in [9.17, 15) is 9.90 Å². The monoisotopic (exact) mass is 305 g/mol. The molecule has 2 N–H and O–H groups in total. The van der Waals surface area contributed by atoms with Gasteiger partial charge in [-0.3, -0.25) is 10.1 Å². The second-order valence-electron chi connectivity index (χ2n) is 6.44. The zero-order valence-electron chi connectivity index (χ0n) is 12.5. The highest BCUT2D eigenvalue weighted by molar-refractivity contribution is 7.99. The third kappa shape index (κ3) is 3.61. The smallest absolute Gasteiger partial charge is 0.323 e. The van der Waals surface area contributed by atoms with Gasteiger partial charge in [0.1, 0.15) is 5.54 Å². The van der Waals surface area contributed by atoms with Crippen molar-refractivity contribution in [2.75, 3.05) is 5.75 Å². The van der Waals surface area contributed by atoms with Crippen molar-refractivity contribution in [1.29, 1.82) is 0 Å². The lowest BCUT2D eigenvalue weighted by Gasteiger charge is -2.26. The number of carboxylic acid groups (broad SMARTS) is 1. The van der Waals surface area contributed by atoms with E-state index in [1.54, 1.807) is 11.8 Å². The molecule has 1 aromatic rings. The highest BCUT2D eigenvalue weighted by atomic mass is 32.2. The summed E-state index contributed by atoms with van der Waals surface area (Å²) in [7, 11) is 0. The Morgan fingerprint density at radius 2 is 2.14 bits per heavy atom. The molecule has 2 aliphatic rings. The molecule has 0 saturated heterocycles. The van der Waals surface area contributed by atoms with Gasteiger partial charge in [-0.05, 0) is 68.7 Å². The molecule has 0 aliphatic heterocycles. The van der Waals surface area contributed by atoms with Crippen molar-refractivity contribution in [2.24, 2.45) is 0 Å². The summed E-state index contributed by atoms with van der Waals surface area (Å²) in [5.41, 5.74) is 2.19. The molecule has 0 radical (unpaired) electrons. The summed E-state index contributed by atoms with van der Waals surface area (Å²) in [6, 6.07) is 7.13. The van der Waals surface area contributed by atoms with Crippen molar-refractivity contribution in [1.82, 2.24) is 5.32 Å². The molecule has 1 aromatic carbocycles. The topological polar surface area (TPSA) is 49.3 Å². The number of aryl methyl sites for hydroxylation is 2. The number of carboxylic acids is 1. The van der Waals surface area contributed by atoms with Gasteiger partial charge in [0, 0.05) is 16.7 Å². The van der Waals surface area contributed by atoms with Gasteiger partial charge in [-0.25, -0.2) is 0 Å². The van der Waals surface area contributed by atoms with Gasteiger partial charge >= 0.3 is 5.97 Å². The lowest BCUT2D eigenvalue weighted by Crippen LogP contribution is -2.50. The molecule has 2 aliphatic carbocycles. The van der Waals surface area contributed by atoms with Crippen molar-refractivity contribution < 1.29 is 9.90 Å². The van der Waals surface area contributed by atoms with Crippen molar-refractivity contribution in [3.8, 4) is 0 Å². The van der Waals surface area contributed by atoms with Crippen LogP contribution < -0.4 is 5.32 Å². The average molecular weight is 305 g/mol. The maximum Gasteiger partial charge on any atom is 0.323 e. The summed E-state index contributed by atoms with van der Waals surface area (Å²) in [5.74, 6) is 0.102. The fourth-order valence-electron chi connectivity index (χ4n) is 2.93. The molecule has 114 valence electrons. The van der Waals surface area contributed by atoms with E-state index in [-0.39, 0.29) is 0 Å². The molecule has 1 unspecified atom stereocenters. The summed E-state index contributed by atoms with van der Waals surface area (Å²) in [6.07, 6.45) is 6.55. The molecular weight excluding hydrogens is 282 g/mol. The zero-order chi connectivity index (χ0) is 14.9. The molecule has 1 atom stereocenters. The molecule has 0 amide bonds. The van der Waals surface area contributed by atoms with Crippen LogP contribution in [0.4, 0.5) is 0 Å². The number of carbonyl (C=O) groups is 1. The van der Waals surface area contributed by atoms with Crippen molar-refractivity contribution in [3.05, 3.63) is 29.3 Å². The van der Waals surface area contributed by atoms with Crippen LogP contribution in [-0.2, 0) is 17.6 Å². The molecule has 4 heteroatoms. The first-order chi connectivity index (χ1) is 10.1. The molecule has 0 aromatic heterocycles. The Bertz CT molecular complexity index is 542. The molecule has 1 fully saturated rings. The largest absolute Gasteiger partial charge is 0.480 e. The summed E-state index contributed by atoms with van der Waals surface area (Å²) in [4.78, 5) is 12.8. The van der Waals surface area contributed by atoms with E-state index in [0.29, 0.717) is 12.5 Å². The first-order valence-electron chi connectivity index (χ1n) is 7.82. The van der Waals surface area contributed by atoms with Crippen LogP contribution in [0.15, 0.2) is 23.1 Å². The Morgan fingerprint density at radius 1 is 1.38 bits per heavy atom. The van der Waals surface area contributed by atoms with E-state index < -0.39 is 11.5 Å². The standard InChI is InChI=1S/C17H23NO2S/c1-17(16(19)20,18-14-6-7-14)9-10-21-15-8-5-12-3-2-4-13(12)11-15/h5,8,11,14,18H,2-4,6-7,9-10H2,1H3,(H,19,20). The number of hydrogen-bond donors (Lipinski definition) is 2. The SMILES string of the molecule is CC(CCSc1ccc2c(c1)CCC2)(NC1CC1)C(=O)O. The fraction of sp³-hybridized carbons (Fsp3) is 0.588. The number of fused-ring (bicyclic) bond motifs is 1. The molecular formula is C17H23NO2S.